The Hall–Kier alpha value is -0.480. The Morgan fingerprint density at radius 2 is 2.07 bits per heavy atom. The molecule has 0 bridgehead atoms. The quantitative estimate of drug-likeness (QED) is 0.757. The van der Waals surface area contributed by atoms with Crippen molar-refractivity contribution >= 4 is 15.9 Å². The number of hydrogen-bond acceptors (Lipinski definition) is 3. The summed E-state index contributed by atoms with van der Waals surface area (Å²) in [7, 11) is 0. The van der Waals surface area contributed by atoms with Crippen molar-refractivity contribution in [1.82, 2.24) is 14.9 Å². The van der Waals surface area contributed by atoms with E-state index in [1.54, 1.807) is 6.20 Å². The first-order valence-electron chi connectivity index (χ1n) is 4.96. The molecule has 1 aromatic heterocycles. The SMILES string of the molecule is CCN(CC)CCc1nccc(Br)n1. The van der Waals surface area contributed by atoms with Gasteiger partial charge in [-0.3, -0.25) is 0 Å². The Balaban J connectivity index is 2.44. The van der Waals surface area contributed by atoms with Crippen LogP contribution >= 0.6 is 15.9 Å². The van der Waals surface area contributed by atoms with Crippen molar-refractivity contribution in [1.29, 1.82) is 0 Å². The average molecular weight is 258 g/mol. The Kier molecular flexibility index (Phi) is 5.04. The predicted molar refractivity (Wildman–Crippen MR) is 61.2 cm³/mol. The molecule has 78 valence electrons. The molecule has 0 saturated carbocycles. The fourth-order valence-corrected chi connectivity index (χ4v) is 1.62. The van der Waals surface area contributed by atoms with E-state index in [0.29, 0.717) is 0 Å². The summed E-state index contributed by atoms with van der Waals surface area (Å²) in [5.41, 5.74) is 0. The molecule has 0 fully saturated rings. The standard InChI is InChI=1S/C10H16BrN3/c1-3-14(4-2)8-6-10-12-7-5-9(11)13-10/h5,7H,3-4,6,8H2,1-2H3. The maximum absolute atomic E-state index is 4.29. The normalized spacial score (nSPS) is 10.9. The molecule has 0 amide bonds. The van der Waals surface area contributed by atoms with E-state index in [2.05, 4.69) is 44.6 Å². The van der Waals surface area contributed by atoms with Crippen LogP contribution in [0.2, 0.25) is 0 Å². The first-order valence-corrected chi connectivity index (χ1v) is 5.75. The van der Waals surface area contributed by atoms with Crippen LogP contribution in [0.15, 0.2) is 16.9 Å². The highest BCUT2D eigenvalue weighted by molar-refractivity contribution is 9.10. The highest BCUT2D eigenvalue weighted by atomic mass is 79.9. The second-order valence-electron chi connectivity index (χ2n) is 3.07. The van der Waals surface area contributed by atoms with Gasteiger partial charge in [-0.25, -0.2) is 9.97 Å². The van der Waals surface area contributed by atoms with E-state index in [9.17, 15) is 0 Å². The van der Waals surface area contributed by atoms with E-state index in [4.69, 9.17) is 0 Å². The summed E-state index contributed by atoms with van der Waals surface area (Å²) >= 11 is 3.34. The molecule has 0 unspecified atom stereocenters. The predicted octanol–water partition coefficient (Wildman–Crippen LogP) is 2.12. The number of aromatic nitrogens is 2. The monoisotopic (exact) mass is 257 g/mol. The minimum atomic E-state index is 0.863. The molecule has 0 aliphatic heterocycles. The molecule has 0 spiro atoms. The molecule has 0 saturated heterocycles. The van der Waals surface area contributed by atoms with Crippen LogP contribution in [-0.2, 0) is 6.42 Å². The van der Waals surface area contributed by atoms with Crippen LogP contribution in [0.1, 0.15) is 19.7 Å². The van der Waals surface area contributed by atoms with Gasteiger partial charge in [0.15, 0.2) is 0 Å². The summed E-state index contributed by atoms with van der Waals surface area (Å²) in [4.78, 5) is 10.9. The Morgan fingerprint density at radius 1 is 1.36 bits per heavy atom. The van der Waals surface area contributed by atoms with Gasteiger partial charge in [-0.2, -0.15) is 0 Å². The van der Waals surface area contributed by atoms with E-state index >= 15 is 0 Å². The molecule has 0 radical (unpaired) electrons. The Bertz CT molecular complexity index is 274. The van der Waals surface area contributed by atoms with E-state index in [1.165, 1.54) is 0 Å². The van der Waals surface area contributed by atoms with Gasteiger partial charge in [-0.15, -0.1) is 0 Å². The third-order valence-electron chi connectivity index (χ3n) is 2.22. The third kappa shape index (κ3) is 3.72. The Labute approximate surface area is 93.7 Å². The summed E-state index contributed by atoms with van der Waals surface area (Å²) < 4.78 is 0.863. The van der Waals surface area contributed by atoms with E-state index in [-0.39, 0.29) is 0 Å². The molecule has 0 atom stereocenters. The van der Waals surface area contributed by atoms with Crippen LogP contribution in [0.4, 0.5) is 0 Å². The fourth-order valence-electron chi connectivity index (χ4n) is 1.29. The molecule has 0 aromatic carbocycles. The fraction of sp³-hybridized carbons (Fsp3) is 0.600. The van der Waals surface area contributed by atoms with Gasteiger partial charge in [0.25, 0.3) is 0 Å². The van der Waals surface area contributed by atoms with Gasteiger partial charge in [0.2, 0.25) is 0 Å². The van der Waals surface area contributed by atoms with Crippen LogP contribution < -0.4 is 0 Å². The average Bonchev–Trinajstić information content (AvgIpc) is 2.19. The van der Waals surface area contributed by atoms with Crippen molar-refractivity contribution < 1.29 is 0 Å². The lowest BCUT2D eigenvalue weighted by molar-refractivity contribution is 0.305. The molecule has 1 heterocycles. The minimum Gasteiger partial charge on any atom is -0.303 e. The van der Waals surface area contributed by atoms with Crippen LogP contribution in [-0.4, -0.2) is 34.5 Å². The molecular formula is C10H16BrN3. The minimum absolute atomic E-state index is 0.863. The number of rotatable bonds is 5. The largest absolute Gasteiger partial charge is 0.303 e. The lowest BCUT2D eigenvalue weighted by atomic mass is 10.3. The second-order valence-corrected chi connectivity index (χ2v) is 3.88. The van der Waals surface area contributed by atoms with Crippen molar-refractivity contribution in [2.75, 3.05) is 19.6 Å². The molecule has 14 heavy (non-hydrogen) atoms. The maximum atomic E-state index is 4.29. The van der Waals surface area contributed by atoms with Crippen molar-refractivity contribution in [3.05, 3.63) is 22.7 Å². The molecule has 0 N–H and O–H groups in total. The molecular weight excluding hydrogens is 242 g/mol. The van der Waals surface area contributed by atoms with Gasteiger partial charge in [-0.1, -0.05) is 13.8 Å². The number of likely N-dealkylation sites (N-methyl/N-ethyl adjacent to an activating group) is 1. The number of nitrogens with zero attached hydrogens (tertiary/aromatic N) is 3. The van der Waals surface area contributed by atoms with Gasteiger partial charge < -0.3 is 4.90 Å². The summed E-state index contributed by atoms with van der Waals surface area (Å²) in [5, 5.41) is 0. The molecule has 3 nitrogen and oxygen atoms in total. The number of hydrogen-bond donors (Lipinski definition) is 0. The zero-order valence-corrected chi connectivity index (χ0v) is 10.3. The number of halogens is 1. The second kappa shape index (κ2) is 6.09. The van der Waals surface area contributed by atoms with Gasteiger partial charge >= 0.3 is 0 Å². The van der Waals surface area contributed by atoms with Gasteiger partial charge in [0.05, 0.1) is 0 Å². The van der Waals surface area contributed by atoms with Crippen LogP contribution in [0.3, 0.4) is 0 Å². The highest BCUT2D eigenvalue weighted by Crippen LogP contribution is 2.04. The highest BCUT2D eigenvalue weighted by Gasteiger charge is 2.01. The Morgan fingerprint density at radius 3 is 2.64 bits per heavy atom. The van der Waals surface area contributed by atoms with Crippen LogP contribution in [0.25, 0.3) is 0 Å². The summed E-state index contributed by atoms with van der Waals surface area (Å²) in [6.45, 7) is 7.55. The van der Waals surface area contributed by atoms with Crippen molar-refractivity contribution in [3.8, 4) is 0 Å². The lowest BCUT2D eigenvalue weighted by Crippen LogP contribution is -2.25. The molecule has 0 aliphatic rings. The van der Waals surface area contributed by atoms with Crippen LogP contribution in [0, 0.1) is 0 Å². The molecule has 1 aromatic rings. The molecule has 4 heteroatoms. The van der Waals surface area contributed by atoms with Crippen LogP contribution in [0.5, 0.6) is 0 Å². The van der Waals surface area contributed by atoms with Crippen molar-refractivity contribution in [3.63, 3.8) is 0 Å². The zero-order valence-electron chi connectivity index (χ0n) is 8.70. The van der Waals surface area contributed by atoms with Gasteiger partial charge in [0.1, 0.15) is 10.4 Å². The zero-order chi connectivity index (χ0) is 10.4. The topological polar surface area (TPSA) is 29.0 Å². The van der Waals surface area contributed by atoms with E-state index in [0.717, 1.165) is 36.5 Å². The van der Waals surface area contributed by atoms with E-state index < -0.39 is 0 Å². The molecule has 1 rings (SSSR count). The molecule has 0 aliphatic carbocycles. The summed E-state index contributed by atoms with van der Waals surface area (Å²) in [6, 6.07) is 1.85. The van der Waals surface area contributed by atoms with Gasteiger partial charge in [0, 0.05) is 19.2 Å². The third-order valence-corrected chi connectivity index (χ3v) is 2.66. The summed E-state index contributed by atoms with van der Waals surface area (Å²) in [5.74, 6) is 0.909. The van der Waals surface area contributed by atoms with E-state index in [1.807, 2.05) is 6.07 Å². The maximum Gasteiger partial charge on any atom is 0.130 e. The van der Waals surface area contributed by atoms with Crippen molar-refractivity contribution in [2.24, 2.45) is 0 Å². The van der Waals surface area contributed by atoms with Crippen molar-refractivity contribution in [2.45, 2.75) is 20.3 Å². The first-order chi connectivity index (χ1) is 6.76. The first kappa shape index (κ1) is 11.6. The smallest absolute Gasteiger partial charge is 0.130 e. The summed E-state index contributed by atoms with van der Waals surface area (Å²) in [6.07, 6.45) is 2.70. The van der Waals surface area contributed by atoms with Gasteiger partial charge in [-0.05, 0) is 35.1 Å². The lowest BCUT2D eigenvalue weighted by Gasteiger charge is -2.16.